The quantitative estimate of drug-likeness (QED) is 0.347. The van der Waals surface area contributed by atoms with Crippen LogP contribution >= 0.6 is 11.3 Å². The number of piperazine rings is 1. The van der Waals surface area contributed by atoms with E-state index >= 15 is 0 Å². The Balaban J connectivity index is 1.32. The molecule has 5 nitrogen and oxygen atoms in total. The molecule has 1 saturated heterocycles. The molecule has 2 aromatic heterocycles. The number of aryl methyl sites for hydroxylation is 1. The van der Waals surface area contributed by atoms with Crippen molar-refractivity contribution in [2.45, 2.75) is 19.6 Å². The summed E-state index contributed by atoms with van der Waals surface area (Å²) in [4.78, 5) is 23.4. The van der Waals surface area contributed by atoms with E-state index in [0.29, 0.717) is 32.7 Å². The lowest BCUT2D eigenvalue weighted by Gasteiger charge is -2.34. The molecule has 0 atom stereocenters. The van der Waals surface area contributed by atoms with Crippen molar-refractivity contribution in [2.24, 2.45) is 0 Å². The van der Waals surface area contributed by atoms with E-state index in [1.165, 1.54) is 24.3 Å². The number of carbonyl (C=O) groups is 1. The van der Waals surface area contributed by atoms with E-state index in [1.54, 1.807) is 28.4 Å². The van der Waals surface area contributed by atoms with Crippen molar-refractivity contribution in [3.63, 3.8) is 0 Å². The van der Waals surface area contributed by atoms with Gasteiger partial charge in [0.25, 0.3) is 5.91 Å². The first-order chi connectivity index (χ1) is 16.7. The second kappa shape index (κ2) is 9.09. The monoisotopic (exact) mass is 502 g/mol. The third-order valence-corrected chi connectivity index (χ3v) is 7.03. The number of hydrogen-bond acceptors (Lipinski definition) is 4. The summed E-state index contributed by atoms with van der Waals surface area (Å²) in [5.74, 6) is -0.711. The third kappa shape index (κ3) is 4.81. The molecule has 0 saturated carbocycles. The van der Waals surface area contributed by atoms with Crippen LogP contribution in [0.3, 0.4) is 0 Å². The molecule has 182 valence electrons. The molecule has 0 radical (unpaired) electrons. The zero-order valence-corrected chi connectivity index (χ0v) is 19.7. The van der Waals surface area contributed by atoms with Gasteiger partial charge in [-0.2, -0.15) is 13.2 Å². The molecule has 10 heteroatoms. The summed E-state index contributed by atoms with van der Waals surface area (Å²) in [6, 6.07) is 10.8. The smallest absolute Gasteiger partial charge is 0.336 e. The number of thiazole rings is 1. The summed E-state index contributed by atoms with van der Waals surface area (Å²) in [5, 5.41) is 0. The number of alkyl halides is 3. The third-order valence-electron chi connectivity index (χ3n) is 6.13. The van der Waals surface area contributed by atoms with Gasteiger partial charge in [-0.1, -0.05) is 6.07 Å². The molecule has 1 aliphatic heterocycles. The molecule has 35 heavy (non-hydrogen) atoms. The van der Waals surface area contributed by atoms with Gasteiger partial charge in [0, 0.05) is 54.9 Å². The van der Waals surface area contributed by atoms with Crippen molar-refractivity contribution in [1.82, 2.24) is 19.2 Å². The highest BCUT2D eigenvalue weighted by Gasteiger charge is 2.32. The first kappa shape index (κ1) is 23.5. The Morgan fingerprint density at radius 1 is 1.06 bits per heavy atom. The van der Waals surface area contributed by atoms with E-state index in [9.17, 15) is 22.4 Å². The number of imidazole rings is 1. The summed E-state index contributed by atoms with van der Waals surface area (Å²) in [6.45, 7) is 4.56. The summed E-state index contributed by atoms with van der Waals surface area (Å²) in [7, 11) is 0. The molecular weight excluding hydrogens is 480 g/mol. The molecule has 0 bridgehead atoms. The van der Waals surface area contributed by atoms with Gasteiger partial charge in [-0.3, -0.25) is 14.1 Å². The molecule has 5 rings (SSSR count). The molecule has 1 amide bonds. The number of aromatic nitrogens is 2. The Hall–Kier alpha value is -3.24. The van der Waals surface area contributed by atoms with Gasteiger partial charge in [0.05, 0.1) is 17.0 Å². The van der Waals surface area contributed by atoms with Crippen molar-refractivity contribution < 1.29 is 22.4 Å². The molecule has 2 aromatic carbocycles. The van der Waals surface area contributed by atoms with Gasteiger partial charge in [-0.25, -0.2) is 9.37 Å². The molecule has 0 spiro atoms. The minimum absolute atomic E-state index is 0.0399. The van der Waals surface area contributed by atoms with Crippen LogP contribution in [0.2, 0.25) is 0 Å². The Bertz CT molecular complexity index is 1370. The van der Waals surface area contributed by atoms with E-state index in [0.717, 1.165) is 38.9 Å². The van der Waals surface area contributed by atoms with E-state index in [4.69, 9.17) is 4.98 Å². The molecular formula is C25H22F4N4OS. The van der Waals surface area contributed by atoms with Crippen LogP contribution in [0.1, 0.15) is 26.5 Å². The van der Waals surface area contributed by atoms with Crippen molar-refractivity contribution in [3.8, 4) is 11.3 Å². The standard InChI is InChI=1S/C25H22F4N4OS/c1-16-14-33-21(22(30-24(33)35-16)17-5-7-20(26)8-6-17)15-31-9-11-32(12-10-31)23(34)18-3-2-4-19(13-18)25(27,28)29/h2-8,13-14H,9-12,15H2,1H3. The maximum atomic E-state index is 13.5. The van der Waals surface area contributed by atoms with E-state index < -0.39 is 17.6 Å². The van der Waals surface area contributed by atoms with Crippen LogP contribution in [0, 0.1) is 12.7 Å². The highest BCUT2D eigenvalue weighted by molar-refractivity contribution is 7.17. The zero-order chi connectivity index (χ0) is 24.7. The lowest BCUT2D eigenvalue weighted by molar-refractivity contribution is -0.137. The number of rotatable bonds is 4. The highest BCUT2D eigenvalue weighted by atomic mass is 32.1. The number of nitrogens with zero attached hydrogens (tertiary/aromatic N) is 4. The lowest BCUT2D eigenvalue weighted by atomic mass is 10.1. The van der Waals surface area contributed by atoms with Gasteiger partial charge in [0.2, 0.25) is 0 Å². The van der Waals surface area contributed by atoms with Gasteiger partial charge >= 0.3 is 6.18 Å². The molecule has 0 unspecified atom stereocenters. The number of hydrogen-bond donors (Lipinski definition) is 0. The van der Waals surface area contributed by atoms with Crippen molar-refractivity contribution >= 4 is 22.2 Å². The Morgan fingerprint density at radius 3 is 2.46 bits per heavy atom. The summed E-state index contributed by atoms with van der Waals surface area (Å²) >= 11 is 1.58. The van der Waals surface area contributed by atoms with Gasteiger partial charge in [0.1, 0.15) is 5.82 Å². The summed E-state index contributed by atoms with van der Waals surface area (Å²) in [6.07, 6.45) is -2.46. The number of carbonyl (C=O) groups excluding carboxylic acids is 1. The average Bonchev–Trinajstić information content (AvgIpc) is 3.36. The molecule has 0 N–H and O–H groups in total. The first-order valence-electron chi connectivity index (χ1n) is 11.1. The molecule has 1 fully saturated rings. The van der Waals surface area contributed by atoms with Crippen LogP contribution in [0.15, 0.2) is 54.7 Å². The lowest BCUT2D eigenvalue weighted by Crippen LogP contribution is -2.48. The van der Waals surface area contributed by atoms with Crippen LogP contribution in [0.4, 0.5) is 17.6 Å². The van der Waals surface area contributed by atoms with Crippen LogP contribution in [0.25, 0.3) is 16.2 Å². The number of amides is 1. The first-order valence-corrected chi connectivity index (χ1v) is 11.9. The minimum Gasteiger partial charge on any atom is -0.336 e. The van der Waals surface area contributed by atoms with Gasteiger partial charge < -0.3 is 4.90 Å². The predicted molar refractivity (Wildman–Crippen MR) is 126 cm³/mol. The maximum Gasteiger partial charge on any atom is 0.416 e. The second-order valence-electron chi connectivity index (χ2n) is 8.56. The fourth-order valence-electron chi connectivity index (χ4n) is 4.32. The van der Waals surface area contributed by atoms with Crippen LogP contribution in [-0.2, 0) is 12.7 Å². The summed E-state index contributed by atoms with van der Waals surface area (Å²) < 4.78 is 54.6. The van der Waals surface area contributed by atoms with Crippen LogP contribution in [-0.4, -0.2) is 51.3 Å². The van der Waals surface area contributed by atoms with Crippen molar-refractivity contribution in [2.75, 3.05) is 26.2 Å². The topological polar surface area (TPSA) is 40.9 Å². The number of fused-ring (bicyclic) bond motifs is 1. The van der Waals surface area contributed by atoms with Gasteiger partial charge in [0.15, 0.2) is 4.96 Å². The number of halogens is 4. The second-order valence-corrected chi connectivity index (χ2v) is 9.77. The highest BCUT2D eigenvalue weighted by Crippen LogP contribution is 2.31. The fraction of sp³-hybridized carbons (Fsp3) is 0.280. The van der Waals surface area contributed by atoms with Crippen LogP contribution in [0.5, 0.6) is 0 Å². The fourth-order valence-corrected chi connectivity index (χ4v) is 5.17. The Labute approximate surface area is 203 Å². The zero-order valence-electron chi connectivity index (χ0n) is 18.8. The van der Waals surface area contributed by atoms with Gasteiger partial charge in [-0.05, 0) is 49.4 Å². The van der Waals surface area contributed by atoms with Gasteiger partial charge in [-0.15, -0.1) is 11.3 Å². The van der Waals surface area contributed by atoms with Crippen LogP contribution < -0.4 is 0 Å². The maximum absolute atomic E-state index is 13.5. The summed E-state index contributed by atoms with van der Waals surface area (Å²) in [5.41, 5.74) is 1.81. The molecule has 4 aromatic rings. The van der Waals surface area contributed by atoms with Crippen molar-refractivity contribution in [3.05, 3.63) is 82.2 Å². The predicted octanol–water partition coefficient (Wildman–Crippen LogP) is 5.49. The average molecular weight is 503 g/mol. The van der Waals surface area contributed by atoms with E-state index in [1.807, 2.05) is 13.1 Å². The normalized spacial score (nSPS) is 15.2. The molecule has 0 aliphatic carbocycles. The Morgan fingerprint density at radius 2 is 1.77 bits per heavy atom. The van der Waals surface area contributed by atoms with E-state index in [-0.39, 0.29) is 11.4 Å². The molecule has 1 aliphatic rings. The SMILES string of the molecule is Cc1cn2c(CN3CCN(C(=O)c4cccc(C(F)(F)F)c4)CC3)c(-c3ccc(F)cc3)nc2s1. The van der Waals surface area contributed by atoms with Crippen molar-refractivity contribution in [1.29, 1.82) is 0 Å². The number of benzene rings is 2. The Kier molecular flexibility index (Phi) is 6.10. The largest absolute Gasteiger partial charge is 0.416 e. The van der Waals surface area contributed by atoms with E-state index in [2.05, 4.69) is 9.30 Å². The minimum atomic E-state index is -4.49. The molecule has 3 heterocycles.